The number of nitrogens with one attached hydrogen (secondary N) is 1. The van der Waals surface area contributed by atoms with E-state index >= 15 is 0 Å². The molecule has 2 aromatic rings. The summed E-state index contributed by atoms with van der Waals surface area (Å²) in [5.41, 5.74) is 0.263. The maximum absolute atomic E-state index is 12.8. The molecule has 1 N–H and O–H groups in total. The second-order valence-corrected chi connectivity index (χ2v) is 3.21. The maximum atomic E-state index is 12.8. The largest absolute Gasteiger partial charge is 0.290 e. The van der Waals surface area contributed by atoms with Gasteiger partial charge < -0.3 is 0 Å². The smallest absolute Gasteiger partial charge is 0.203 e. The van der Waals surface area contributed by atoms with Crippen LogP contribution >= 0.6 is 0 Å². The van der Waals surface area contributed by atoms with Crippen LogP contribution in [0.15, 0.2) is 24.5 Å². The summed E-state index contributed by atoms with van der Waals surface area (Å²) >= 11 is 0. The molecule has 2 rings (SSSR count). The van der Waals surface area contributed by atoms with Gasteiger partial charge in [0.1, 0.15) is 18.0 Å². The van der Waals surface area contributed by atoms with Gasteiger partial charge in [0.2, 0.25) is 5.78 Å². The number of nitrogens with zero attached hydrogens (tertiary/aromatic N) is 2. The Morgan fingerprint density at radius 2 is 1.94 bits per heavy atom. The molecule has 1 heterocycles. The molecule has 0 radical (unpaired) electrons. The van der Waals surface area contributed by atoms with E-state index in [1.807, 2.05) is 0 Å². The number of H-pyrrole nitrogens is 1. The van der Waals surface area contributed by atoms with Crippen LogP contribution in [0.1, 0.15) is 16.2 Å². The van der Waals surface area contributed by atoms with Crippen LogP contribution in [0.5, 0.6) is 0 Å². The summed E-state index contributed by atoms with van der Waals surface area (Å²) in [4.78, 5) is 15.2. The number of hydrogen-bond donors (Lipinski definition) is 1. The van der Waals surface area contributed by atoms with E-state index in [9.17, 15) is 13.6 Å². The second-order valence-electron chi connectivity index (χ2n) is 3.21. The first-order valence-corrected chi connectivity index (χ1v) is 4.48. The van der Waals surface area contributed by atoms with Gasteiger partial charge in [-0.3, -0.25) is 9.89 Å². The van der Waals surface area contributed by atoms with Crippen LogP contribution in [0.2, 0.25) is 0 Å². The SMILES string of the molecule is O=C(Cc1cc(F)cc(F)c1)c1ncn[nH]1. The lowest BCUT2D eigenvalue weighted by molar-refractivity contribution is 0.0983. The quantitative estimate of drug-likeness (QED) is 0.802. The Morgan fingerprint density at radius 3 is 2.50 bits per heavy atom. The van der Waals surface area contributed by atoms with Gasteiger partial charge in [-0.25, -0.2) is 13.8 Å². The molecule has 0 amide bonds. The summed E-state index contributed by atoms with van der Waals surface area (Å²) in [5.74, 6) is -1.71. The van der Waals surface area contributed by atoms with E-state index in [0.29, 0.717) is 0 Å². The average molecular weight is 223 g/mol. The van der Waals surface area contributed by atoms with Crippen molar-refractivity contribution in [3.8, 4) is 0 Å². The van der Waals surface area contributed by atoms with Crippen LogP contribution in [0, 0.1) is 11.6 Å². The van der Waals surface area contributed by atoms with E-state index in [4.69, 9.17) is 0 Å². The van der Waals surface area contributed by atoms with Crippen LogP contribution in [-0.4, -0.2) is 21.0 Å². The van der Waals surface area contributed by atoms with Gasteiger partial charge in [0.05, 0.1) is 0 Å². The molecule has 82 valence electrons. The Bertz CT molecular complexity index is 491. The fourth-order valence-electron chi connectivity index (χ4n) is 1.32. The van der Waals surface area contributed by atoms with Gasteiger partial charge in [-0.1, -0.05) is 0 Å². The number of carbonyl (C=O) groups is 1. The van der Waals surface area contributed by atoms with Gasteiger partial charge in [-0.15, -0.1) is 0 Å². The number of aromatic nitrogens is 3. The third-order valence-corrected chi connectivity index (χ3v) is 1.97. The van der Waals surface area contributed by atoms with Crippen molar-refractivity contribution in [2.45, 2.75) is 6.42 Å². The van der Waals surface area contributed by atoms with E-state index < -0.39 is 11.6 Å². The van der Waals surface area contributed by atoms with Crippen LogP contribution < -0.4 is 0 Å². The first-order valence-electron chi connectivity index (χ1n) is 4.48. The average Bonchev–Trinajstić information content (AvgIpc) is 2.68. The van der Waals surface area contributed by atoms with E-state index in [1.165, 1.54) is 6.33 Å². The van der Waals surface area contributed by atoms with Gasteiger partial charge in [0.15, 0.2) is 5.82 Å². The third kappa shape index (κ3) is 2.28. The molecule has 0 unspecified atom stereocenters. The minimum atomic E-state index is -0.708. The standard InChI is InChI=1S/C10H7F2N3O/c11-7-1-6(2-8(12)4-7)3-9(16)10-13-5-14-15-10/h1-2,4-5H,3H2,(H,13,14,15). The van der Waals surface area contributed by atoms with Crippen LogP contribution in [0.4, 0.5) is 8.78 Å². The second kappa shape index (κ2) is 4.18. The van der Waals surface area contributed by atoms with Crippen molar-refractivity contribution in [2.75, 3.05) is 0 Å². The molecule has 4 nitrogen and oxygen atoms in total. The Hall–Kier alpha value is -2.11. The van der Waals surface area contributed by atoms with Gasteiger partial charge in [0, 0.05) is 12.5 Å². The number of rotatable bonds is 3. The molecule has 0 spiro atoms. The molecule has 0 atom stereocenters. The topological polar surface area (TPSA) is 58.6 Å². The number of benzene rings is 1. The number of halogens is 2. The Kier molecular flexibility index (Phi) is 2.72. The highest BCUT2D eigenvalue weighted by Crippen LogP contribution is 2.10. The zero-order valence-corrected chi connectivity index (χ0v) is 8.08. The van der Waals surface area contributed by atoms with Crippen molar-refractivity contribution >= 4 is 5.78 Å². The normalized spacial score (nSPS) is 10.4. The molecule has 0 bridgehead atoms. The number of ketones is 1. The predicted octanol–water partition coefficient (Wildman–Crippen LogP) is 1.51. The maximum Gasteiger partial charge on any atom is 0.203 e. The predicted molar refractivity (Wildman–Crippen MR) is 50.8 cm³/mol. The van der Waals surface area contributed by atoms with Gasteiger partial charge in [0.25, 0.3) is 0 Å². The van der Waals surface area contributed by atoms with E-state index in [0.717, 1.165) is 18.2 Å². The number of aromatic amines is 1. The lowest BCUT2D eigenvalue weighted by atomic mass is 10.1. The molecule has 0 saturated carbocycles. The summed E-state index contributed by atoms with van der Waals surface area (Å²) in [7, 11) is 0. The summed E-state index contributed by atoms with van der Waals surface area (Å²) in [5, 5.41) is 5.90. The molecular formula is C10H7F2N3O. The Labute approximate surface area is 89.3 Å². The Balaban J connectivity index is 2.18. The van der Waals surface area contributed by atoms with Crippen LogP contribution in [-0.2, 0) is 6.42 Å². The molecule has 0 aliphatic rings. The van der Waals surface area contributed by atoms with Gasteiger partial charge >= 0.3 is 0 Å². The monoisotopic (exact) mass is 223 g/mol. The van der Waals surface area contributed by atoms with Gasteiger partial charge in [-0.05, 0) is 17.7 Å². The van der Waals surface area contributed by atoms with E-state index in [-0.39, 0.29) is 23.6 Å². The summed E-state index contributed by atoms with van der Waals surface area (Å²) in [6.07, 6.45) is 1.07. The molecule has 0 saturated heterocycles. The fraction of sp³-hybridized carbons (Fsp3) is 0.100. The minimum absolute atomic E-state index is 0.0738. The molecule has 0 fully saturated rings. The van der Waals surface area contributed by atoms with E-state index in [1.54, 1.807) is 0 Å². The summed E-state index contributed by atoms with van der Waals surface area (Å²) < 4.78 is 25.7. The minimum Gasteiger partial charge on any atom is -0.290 e. The molecular weight excluding hydrogens is 216 g/mol. The molecule has 1 aromatic heterocycles. The van der Waals surface area contributed by atoms with Crippen molar-refractivity contribution in [3.05, 3.63) is 47.5 Å². The molecule has 1 aromatic carbocycles. The van der Waals surface area contributed by atoms with Crippen molar-refractivity contribution in [2.24, 2.45) is 0 Å². The van der Waals surface area contributed by atoms with Crippen LogP contribution in [0.25, 0.3) is 0 Å². The summed E-state index contributed by atoms with van der Waals surface area (Å²) in [6, 6.07) is 2.97. The fourth-order valence-corrected chi connectivity index (χ4v) is 1.32. The van der Waals surface area contributed by atoms with Crippen molar-refractivity contribution in [1.29, 1.82) is 0 Å². The zero-order valence-electron chi connectivity index (χ0n) is 8.08. The summed E-state index contributed by atoms with van der Waals surface area (Å²) in [6.45, 7) is 0. The molecule has 0 aliphatic carbocycles. The van der Waals surface area contributed by atoms with Crippen molar-refractivity contribution < 1.29 is 13.6 Å². The van der Waals surface area contributed by atoms with E-state index in [2.05, 4.69) is 15.2 Å². The highest BCUT2D eigenvalue weighted by Gasteiger charge is 2.11. The molecule has 0 aliphatic heterocycles. The highest BCUT2D eigenvalue weighted by atomic mass is 19.1. The third-order valence-electron chi connectivity index (χ3n) is 1.97. The lowest BCUT2D eigenvalue weighted by Crippen LogP contribution is -2.06. The Morgan fingerprint density at radius 1 is 1.25 bits per heavy atom. The van der Waals surface area contributed by atoms with Crippen molar-refractivity contribution in [3.63, 3.8) is 0 Å². The van der Waals surface area contributed by atoms with Crippen LogP contribution in [0.3, 0.4) is 0 Å². The van der Waals surface area contributed by atoms with Crippen molar-refractivity contribution in [1.82, 2.24) is 15.2 Å². The number of carbonyl (C=O) groups excluding carboxylic acids is 1. The van der Waals surface area contributed by atoms with Gasteiger partial charge in [-0.2, -0.15) is 5.10 Å². The molecule has 16 heavy (non-hydrogen) atoms. The highest BCUT2D eigenvalue weighted by molar-refractivity contribution is 5.93. The first-order chi connectivity index (χ1) is 7.65. The lowest BCUT2D eigenvalue weighted by Gasteiger charge is -1.99. The number of Topliss-reactive ketones (excluding diaryl/α,β-unsaturated/α-hetero) is 1. The zero-order chi connectivity index (χ0) is 11.5. The number of hydrogen-bond acceptors (Lipinski definition) is 3. The molecule has 6 heteroatoms. The first kappa shape index (κ1) is 10.4.